The topological polar surface area (TPSA) is 108 Å². The number of likely N-dealkylation sites (tertiary alicyclic amines) is 1. The summed E-state index contributed by atoms with van der Waals surface area (Å²) in [5.74, 6) is -1.79. The summed E-state index contributed by atoms with van der Waals surface area (Å²) in [6.45, 7) is 4.65. The highest BCUT2D eigenvalue weighted by Crippen LogP contribution is 2.59. The van der Waals surface area contributed by atoms with Crippen molar-refractivity contribution >= 4 is 33.7 Å². The van der Waals surface area contributed by atoms with Crippen molar-refractivity contribution in [3.8, 4) is 0 Å². The van der Waals surface area contributed by atoms with Crippen LogP contribution in [0.25, 0.3) is 0 Å². The molecule has 2 bridgehead atoms. The number of nitrogens with one attached hydrogen (secondary N) is 2. The van der Waals surface area contributed by atoms with Gasteiger partial charge < -0.3 is 25.4 Å². The minimum absolute atomic E-state index is 0.00237. The quantitative estimate of drug-likeness (QED) is 0.292. The van der Waals surface area contributed by atoms with Gasteiger partial charge in [0.25, 0.3) is 0 Å². The van der Waals surface area contributed by atoms with E-state index in [4.69, 9.17) is 9.84 Å². The number of halogens is 1. The fraction of sp³-hybridized carbons (Fsp3) is 0.864. The van der Waals surface area contributed by atoms with Gasteiger partial charge in [-0.2, -0.15) is 0 Å². The van der Waals surface area contributed by atoms with Crippen molar-refractivity contribution in [3.63, 3.8) is 0 Å². The van der Waals surface area contributed by atoms with Crippen LogP contribution in [-0.2, 0) is 19.1 Å². The van der Waals surface area contributed by atoms with Gasteiger partial charge in [-0.1, -0.05) is 42.1 Å². The van der Waals surface area contributed by atoms with Gasteiger partial charge in [-0.25, -0.2) is 0 Å². The van der Waals surface area contributed by atoms with Gasteiger partial charge in [0.1, 0.15) is 11.6 Å². The Hall–Kier alpha value is -1.19. The van der Waals surface area contributed by atoms with Crippen LogP contribution in [-0.4, -0.2) is 76.5 Å². The molecule has 0 aliphatic carbocycles. The number of ether oxygens (including phenoxy) is 1. The number of carbonyl (C=O) groups excluding carboxylic acids is 3. The van der Waals surface area contributed by atoms with Crippen molar-refractivity contribution in [3.05, 3.63) is 0 Å². The fourth-order valence-corrected chi connectivity index (χ4v) is 6.65. The SMILES string of the molecule is CCCC(C)NC(=O)C1N(CCCCCCO)C(=O)[C@@H]2[C@H](C(=O)NC)[C@H]3OC12CC3Br. The van der Waals surface area contributed by atoms with Crippen LogP contribution in [0, 0.1) is 11.8 Å². The molecule has 3 rings (SSSR count). The zero-order valence-electron chi connectivity index (χ0n) is 18.7. The zero-order chi connectivity index (χ0) is 22.8. The number of hydrogen-bond acceptors (Lipinski definition) is 5. The van der Waals surface area contributed by atoms with Crippen LogP contribution in [0.4, 0.5) is 0 Å². The Labute approximate surface area is 193 Å². The van der Waals surface area contributed by atoms with Crippen LogP contribution >= 0.6 is 15.9 Å². The second-order valence-electron chi connectivity index (χ2n) is 9.15. The van der Waals surface area contributed by atoms with Crippen molar-refractivity contribution in [2.45, 2.75) is 87.4 Å². The predicted molar refractivity (Wildman–Crippen MR) is 120 cm³/mol. The van der Waals surface area contributed by atoms with E-state index in [9.17, 15) is 14.4 Å². The highest BCUT2D eigenvalue weighted by Gasteiger charge is 2.76. The Morgan fingerprint density at radius 2 is 2.00 bits per heavy atom. The summed E-state index contributed by atoms with van der Waals surface area (Å²) in [5.41, 5.74) is -0.978. The third-order valence-corrected chi connectivity index (χ3v) is 7.85. The first-order valence-electron chi connectivity index (χ1n) is 11.6. The molecule has 4 unspecified atom stereocenters. The van der Waals surface area contributed by atoms with E-state index in [-0.39, 0.29) is 35.2 Å². The van der Waals surface area contributed by atoms with E-state index in [0.29, 0.717) is 13.0 Å². The molecule has 176 valence electrons. The van der Waals surface area contributed by atoms with Gasteiger partial charge in [0, 0.05) is 31.1 Å². The molecule has 3 aliphatic heterocycles. The smallest absolute Gasteiger partial charge is 0.246 e. The molecule has 0 aromatic heterocycles. The summed E-state index contributed by atoms with van der Waals surface area (Å²) in [5, 5.41) is 14.8. The summed E-state index contributed by atoms with van der Waals surface area (Å²) in [4.78, 5) is 41.3. The number of unbranched alkanes of at least 4 members (excludes halogenated alkanes) is 3. The molecule has 0 aromatic rings. The predicted octanol–water partition coefficient (Wildman–Crippen LogP) is 1.34. The first-order valence-corrected chi connectivity index (χ1v) is 12.5. The second-order valence-corrected chi connectivity index (χ2v) is 10.3. The van der Waals surface area contributed by atoms with E-state index in [0.717, 1.165) is 38.5 Å². The van der Waals surface area contributed by atoms with Crippen LogP contribution in [0.2, 0.25) is 0 Å². The molecule has 3 fully saturated rings. The monoisotopic (exact) mass is 501 g/mol. The first kappa shape index (κ1) is 24.5. The van der Waals surface area contributed by atoms with E-state index >= 15 is 0 Å². The average molecular weight is 502 g/mol. The highest BCUT2D eigenvalue weighted by atomic mass is 79.9. The third kappa shape index (κ3) is 4.37. The van der Waals surface area contributed by atoms with Gasteiger partial charge >= 0.3 is 0 Å². The van der Waals surface area contributed by atoms with E-state index in [1.807, 2.05) is 6.92 Å². The second kappa shape index (κ2) is 10.2. The molecule has 3 saturated heterocycles. The fourth-order valence-electron chi connectivity index (χ4n) is 5.71. The molecule has 3 amide bonds. The van der Waals surface area contributed by atoms with Crippen LogP contribution in [0.5, 0.6) is 0 Å². The van der Waals surface area contributed by atoms with Crippen LogP contribution in [0.1, 0.15) is 58.8 Å². The maximum atomic E-state index is 13.6. The maximum absolute atomic E-state index is 13.6. The summed E-state index contributed by atoms with van der Waals surface area (Å²) >= 11 is 3.65. The van der Waals surface area contributed by atoms with Crippen molar-refractivity contribution in [2.75, 3.05) is 20.2 Å². The van der Waals surface area contributed by atoms with Gasteiger partial charge in [0.2, 0.25) is 17.7 Å². The summed E-state index contributed by atoms with van der Waals surface area (Å²) in [6, 6.07) is -0.732. The Balaban J connectivity index is 1.88. The van der Waals surface area contributed by atoms with E-state index in [2.05, 4.69) is 33.5 Å². The number of aliphatic hydroxyl groups excluding tert-OH is 1. The van der Waals surface area contributed by atoms with Gasteiger partial charge in [-0.15, -0.1) is 0 Å². The summed E-state index contributed by atoms with van der Waals surface area (Å²) in [7, 11) is 1.57. The lowest BCUT2D eigenvalue weighted by Crippen LogP contribution is -2.57. The maximum Gasteiger partial charge on any atom is 0.246 e. The Kier molecular flexibility index (Phi) is 8.02. The zero-order valence-corrected chi connectivity index (χ0v) is 20.3. The molecule has 1 spiro atoms. The number of alkyl halides is 1. The van der Waals surface area contributed by atoms with Crippen molar-refractivity contribution in [1.29, 1.82) is 0 Å². The van der Waals surface area contributed by atoms with Gasteiger partial charge in [0.05, 0.1) is 17.9 Å². The number of carbonyl (C=O) groups is 3. The molecule has 31 heavy (non-hydrogen) atoms. The van der Waals surface area contributed by atoms with E-state index < -0.39 is 29.6 Å². The lowest BCUT2D eigenvalue weighted by Gasteiger charge is -2.34. The van der Waals surface area contributed by atoms with Gasteiger partial charge in [-0.3, -0.25) is 14.4 Å². The number of nitrogens with zero attached hydrogens (tertiary/aromatic N) is 1. The molecule has 0 saturated carbocycles. The normalized spacial score (nSPS) is 34.7. The van der Waals surface area contributed by atoms with Crippen LogP contribution < -0.4 is 10.6 Å². The van der Waals surface area contributed by atoms with E-state index in [1.54, 1.807) is 11.9 Å². The molecule has 3 heterocycles. The molecule has 0 aromatic carbocycles. The largest absolute Gasteiger partial charge is 0.396 e. The minimum atomic E-state index is -0.978. The number of rotatable bonds is 11. The lowest BCUT2D eigenvalue weighted by molar-refractivity contribution is -0.142. The van der Waals surface area contributed by atoms with Crippen LogP contribution in [0.15, 0.2) is 0 Å². The first-order chi connectivity index (χ1) is 14.8. The molecular formula is C22H36BrN3O5. The number of fused-ring (bicyclic) bond motifs is 1. The Bertz CT molecular complexity index is 692. The Morgan fingerprint density at radius 3 is 2.65 bits per heavy atom. The highest BCUT2D eigenvalue weighted by molar-refractivity contribution is 9.09. The molecule has 3 N–H and O–H groups in total. The lowest BCUT2D eigenvalue weighted by atomic mass is 9.70. The number of aliphatic hydroxyl groups is 1. The molecule has 8 nitrogen and oxygen atoms in total. The molecule has 7 atom stereocenters. The molecule has 3 aliphatic rings. The van der Waals surface area contributed by atoms with E-state index in [1.165, 1.54) is 0 Å². The number of amides is 3. The van der Waals surface area contributed by atoms with Crippen LogP contribution in [0.3, 0.4) is 0 Å². The van der Waals surface area contributed by atoms with Crippen molar-refractivity contribution in [1.82, 2.24) is 15.5 Å². The molecule has 9 heteroatoms. The Morgan fingerprint density at radius 1 is 1.29 bits per heavy atom. The van der Waals surface area contributed by atoms with Crippen molar-refractivity contribution in [2.24, 2.45) is 11.8 Å². The van der Waals surface area contributed by atoms with Gasteiger partial charge in [0.15, 0.2) is 0 Å². The standard InChI is InChI=1S/C22H36BrN3O5/c1-4-9-13(2)25-20(29)18-22-12-14(23)17(31-22)15(19(28)24-3)16(22)21(30)26(18)10-7-5-6-8-11-27/h13-18,27H,4-12H2,1-3H3,(H,24,28)(H,25,29)/t13?,14?,15-,16-,17-,18?,22?/m0/s1. The summed E-state index contributed by atoms with van der Waals surface area (Å²) < 4.78 is 6.39. The molecule has 0 radical (unpaired) electrons. The summed E-state index contributed by atoms with van der Waals surface area (Å²) in [6.07, 6.45) is 5.14. The average Bonchev–Trinajstić information content (AvgIpc) is 3.31. The number of hydrogen-bond donors (Lipinski definition) is 3. The van der Waals surface area contributed by atoms with Gasteiger partial charge in [-0.05, 0) is 32.6 Å². The van der Waals surface area contributed by atoms with Crippen molar-refractivity contribution < 1.29 is 24.2 Å². The molecular weight excluding hydrogens is 466 g/mol. The minimum Gasteiger partial charge on any atom is -0.396 e. The third-order valence-electron chi connectivity index (χ3n) is 7.00.